The van der Waals surface area contributed by atoms with Crippen LogP contribution in [0.1, 0.15) is 18.6 Å². The lowest BCUT2D eigenvalue weighted by molar-refractivity contribution is 0.226. The maximum absolute atomic E-state index is 13.8. The van der Waals surface area contributed by atoms with Crippen LogP contribution in [0.25, 0.3) is 11.4 Å². The highest BCUT2D eigenvalue weighted by atomic mass is 35.5. The van der Waals surface area contributed by atoms with Crippen LogP contribution in [0.15, 0.2) is 48.8 Å². The van der Waals surface area contributed by atoms with Crippen LogP contribution in [-0.2, 0) is 0 Å². The summed E-state index contributed by atoms with van der Waals surface area (Å²) in [6.45, 7) is 1.71. The van der Waals surface area contributed by atoms with E-state index in [2.05, 4.69) is 20.6 Å². The van der Waals surface area contributed by atoms with E-state index in [9.17, 15) is 9.18 Å². The molecule has 1 heterocycles. The Balaban J connectivity index is 1.73. The van der Waals surface area contributed by atoms with Crippen LogP contribution in [0.2, 0.25) is 10.0 Å². The minimum Gasteiger partial charge on any atom is -0.486 e. The Morgan fingerprint density at radius 2 is 1.97 bits per heavy atom. The molecule has 3 rings (SSSR count). The predicted molar refractivity (Wildman–Crippen MR) is 117 cm³/mol. The number of aromatic nitrogens is 2. The summed E-state index contributed by atoms with van der Waals surface area (Å²) in [7, 11) is 0. The highest BCUT2D eigenvalue weighted by Crippen LogP contribution is 2.35. The van der Waals surface area contributed by atoms with Gasteiger partial charge in [0.15, 0.2) is 5.82 Å². The van der Waals surface area contributed by atoms with E-state index < -0.39 is 18.0 Å². The lowest BCUT2D eigenvalue weighted by Crippen LogP contribution is -2.31. The molecule has 0 aliphatic rings. The standard InChI is InChI=1S/C21H19Cl2FN4O3/c1-12(18-16(22)5-6-17(24)19(18)23)31-15-4-2-3-13(9-15)20-26-10-14(11-27-20)28-21(30)25-7-8-29/h2-6,9-12,29H,7-8H2,1H3,(H2,25,28,30). The lowest BCUT2D eigenvalue weighted by Gasteiger charge is -2.18. The van der Waals surface area contributed by atoms with Crippen molar-refractivity contribution in [2.24, 2.45) is 0 Å². The average Bonchev–Trinajstić information content (AvgIpc) is 2.76. The molecule has 0 radical (unpaired) electrons. The van der Waals surface area contributed by atoms with Crippen LogP contribution in [0.4, 0.5) is 14.9 Å². The van der Waals surface area contributed by atoms with Gasteiger partial charge in [0.1, 0.15) is 17.7 Å². The number of benzene rings is 2. The topological polar surface area (TPSA) is 96.4 Å². The van der Waals surface area contributed by atoms with Gasteiger partial charge in [0.25, 0.3) is 0 Å². The largest absolute Gasteiger partial charge is 0.486 e. The van der Waals surface area contributed by atoms with Crippen molar-refractivity contribution in [3.05, 3.63) is 70.2 Å². The molecule has 1 aromatic heterocycles. The minimum atomic E-state index is -0.601. The van der Waals surface area contributed by atoms with Crippen molar-refractivity contribution in [3.63, 3.8) is 0 Å². The molecule has 162 valence electrons. The first-order valence-corrected chi connectivity index (χ1v) is 10.0. The van der Waals surface area contributed by atoms with Crippen LogP contribution in [0.5, 0.6) is 5.75 Å². The molecule has 1 atom stereocenters. The molecule has 0 bridgehead atoms. The van der Waals surface area contributed by atoms with Gasteiger partial charge in [-0.15, -0.1) is 0 Å². The summed E-state index contributed by atoms with van der Waals surface area (Å²) in [5, 5.41) is 14.0. The average molecular weight is 465 g/mol. The van der Waals surface area contributed by atoms with Crippen molar-refractivity contribution in [2.45, 2.75) is 13.0 Å². The number of amides is 2. The molecule has 2 aromatic carbocycles. The lowest BCUT2D eigenvalue weighted by atomic mass is 10.1. The Hall–Kier alpha value is -2.94. The van der Waals surface area contributed by atoms with Crippen LogP contribution in [0.3, 0.4) is 0 Å². The fourth-order valence-electron chi connectivity index (χ4n) is 2.77. The van der Waals surface area contributed by atoms with Gasteiger partial charge in [-0.25, -0.2) is 19.2 Å². The number of hydrogen-bond donors (Lipinski definition) is 3. The highest BCUT2D eigenvalue weighted by Gasteiger charge is 2.19. The number of urea groups is 1. The monoisotopic (exact) mass is 464 g/mol. The number of nitrogens with one attached hydrogen (secondary N) is 2. The van der Waals surface area contributed by atoms with E-state index in [1.165, 1.54) is 24.5 Å². The van der Waals surface area contributed by atoms with Gasteiger partial charge in [-0.05, 0) is 31.2 Å². The van der Waals surface area contributed by atoms with Gasteiger partial charge < -0.3 is 20.5 Å². The van der Waals surface area contributed by atoms with Gasteiger partial charge in [0, 0.05) is 22.7 Å². The van der Waals surface area contributed by atoms with Gasteiger partial charge in [-0.1, -0.05) is 35.3 Å². The number of ether oxygens (including phenoxy) is 1. The summed E-state index contributed by atoms with van der Waals surface area (Å²) in [4.78, 5) is 20.1. The Kier molecular flexibility index (Phi) is 7.62. The molecule has 0 aliphatic heterocycles. The molecule has 3 N–H and O–H groups in total. The number of aliphatic hydroxyl groups is 1. The van der Waals surface area contributed by atoms with Gasteiger partial charge in [0.2, 0.25) is 0 Å². The van der Waals surface area contributed by atoms with Crippen molar-refractivity contribution in [1.82, 2.24) is 15.3 Å². The molecule has 0 fully saturated rings. The first kappa shape index (κ1) is 22.7. The number of carbonyl (C=O) groups is 1. The van der Waals surface area contributed by atoms with Crippen LogP contribution < -0.4 is 15.4 Å². The molecule has 0 aliphatic carbocycles. The molecule has 0 spiro atoms. The quantitative estimate of drug-likeness (QED) is 0.434. The molecule has 31 heavy (non-hydrogen) atoms. The molecule has 1 unspecified atom stereocenters. The summed E-state index contributed by atoms with van der Waals surface area (Å²) in [5.41, 5.74) is 1.44. The second-order valence-electron chi connectivity index (χ2n) is 6.44. The van der Waals surface area contributed by atoms with Gasteiger partial charge in [0.05, 0.1) is 29.7 Å². The second kappa shape index (κ2) is 10.4. The number of carbonyl (C=O) groups excluding carboxylic acids is 1. The number of hydrogen-bond acceptors (Lipinski definition) is 5. The number of nitrogens with zero attached hydrogens (tertiary/aromatic N) is 2. The van der Waals surface area contributed by atoms with Crippen LogP contribution in [0, 0.1) is 5.82 Å². The Morgan fingerprint density at radius 1 is 1.23 bits per heavy atom. The smallest absolute Gasteiger partial charge is 0.319 e. The highest BCUT2D eigenvalue weighted by molar-refractivity contribution is 6.36. The number of halogens is 3. The molecular formula is C21H19Cl2FN4O3. The fraction of sp³-hybridized carbons (Fsp3) is 0.190. The Morgan fingerprint density at radius 3 is 2.68 bits per heavy atom. The van der Waals surface area contributed by atoms with Crippen molar-refractivity contribution >= 4 is 34.9 Å². The summed E-state index contributed by atoms with van der Waals surface area (Å²) in [5.74, 6) is 0.342. The van der Waals surface area contributed by atoms with Gasteiger partial charge in [-0.2, -0.15) is 0 Å². The van der Waals surface area contributed by atoms with E-state index in [-0.39, 0.29) is 18.2 Å². The SMILES string of the molecule is CC(Oc1cccc(-c2ncc(NC(=O)NCCO)cn2)c1)c1c(Cl)ccc(F)c1Cl. The molecule has 0 saturated heterocycles. The summed E-state index contributed by atoms with van der Waals surface area (Å²) in [6, 6.07) is 9.20. The van der Waals surface area contributed by atoms with Crippen molar-refractivity contribution in [3.8, 4) is 17.1 Å². The molecule has 10 heteroatoms. The van der Waals surface area contributed by atoms with E-state index in [0.29, 0.717) is 33.4 Å². The van der Waals surface area contributed by atoms with Crippen molar-refractivity contribution in [1.29, 1.82) is 0 Å². The maximum atomic E-state index is 13.8. The zero-order valence-electron chi connectivity index (χ0n) is 16.4. The van der Waals surface area contributed by atoms with Crippen molar-refractivity contribution < 1.29 is 19.0 Å². The second-order valence-corrected chi connectivity index (χ2v) is 7.23. The molecule has 0 saturated carbocycles. The summed E-state index contributed by atoms with van der Waals surface area (Å²) < 4.78 is 19.7. The van der Waals surface area contributed by atoms with E-state index in [1.54, 1.807) is 31.2 Å². The number of aliphatic hydroxyl groups excluding tert-OH is 1. The number of anilines is 1. The normalized spacial score (nSPS) is 11.6. The van der Waals surface area contributed by atoms with Crippen LogP contribution >= 0.6 is 23.2 Å². The van der Waals surface area contributed by atoms with Crippen molar-refractivity contribution in [2.75, 3.05) is 18.5 Å². The van der Waals surface area contributed by atoms with E-state index >= 15 is 0 Å². The third-order valence-corrected chi connectivity index (χ3v) is 4.91. The third-order valence-electron chi connectivity index (χ3n) is 4.20. The van der Waals surface area contributed by atoms with Gasteiger partial charge in [-0.3, -0.25) is 0 Å². The van der Waals surface area contributed by atoms with Gasteiger partial charge >= 0.3 is 6.03 Å². The molecule has 2 amide bonds. The fourth-order valence-corrected chi connectivity index (χ4v) is 3.45. The summed E-state index contributed by atoms with van der Waals surface area (Å²) >= 11 is 12.2. The minimum absolute atomic E-state index is 0.0781. The molecule has 3 aromatic rings. The zero-order chi connectivity index (χ0) is 22.4. The van der Waals surface area contributed by atoms with Crippen LogP contribution in [-0.4, -0.2) is 34.3 Å². The van der Waals surface area contributed by atoms with E-state index in [0.717, 1.165) is 0 Å². The molecular weight excluding hydrogens is 446 g/mol. The first-order chi connectivity index (χ1) is 14.9. The Bertz CT molecular complexity index is 1070. The van der Waals surface area contributed by atoms with E-state index in [1.807, 2.05) is 0 Å². The summed E-state index contributed by atoms with van der Waals surface area (Å²) in [6.07, 6.45) is 2.32. The first-order valence-electron chi connectivity index (χ1n) is 9.27. The number of rotatable bonds is 7. The zero-order valence-corrected chi connectivity index (χ0v) is 17.9. The Labute approximate surface area is 188 Å². The third kappa shape index (κ3) is 5.81. The predicted octanol–water partition coefficient (Wildman–Crippen LogP) is 4.84. The maximum Gasteiger partial charge on any atom is 0.319 e. The molecule has 7 nitrogen and oxygen atoms in total. The van der Waals surface area contributed by atoms with E-state index in [4.69, 9.17) is 33.0 Å².